The van der Waals surface area contributed by atoms with Gasteiger partial charge < -0.3 is 14.0 Å². The molecule has 0 spiro atoms. The maximum Gasteiger partial charge on any atom is 0.425 e. The molecule has 1 N–H and O–H groups in total. The predicted octanol–water partition coefficient (Wildman–Crippen LogP) is 4.26. The molecule has 14 heteroatoms. The first-order valence-electron chi connectivity index (χ1n) is 10.1. The molecule has 0 aliphatic carbocycles. The fraction of sp³-hybridized carbons (Fsp3) is 0.182. The molecule has 36 heavy (non-hydrogen) atoms. The lowest BCUT2D eigenvalue weighted by Crippen LogP contribution is -2.31. The van der Waals surface area contributed by atoms with E-state index in [4.69, 9.17) is 9.47 Å². The van der Waals surface area contributed by atoms with E-state index < -0.39 is 39.4 Å². The largest absolute Gasteiger partial charge is 0.494 e. The van der Waals surface area contributed by atoms with E-state index in [1.165, 1.54) is 43.7 Å². The minimum Gasteiger partial charge on any atom is -0.494 e. The van der Waals surface area contributed by atoms with Crippen molar-refractivity contribution in [2.45, 2.75) is 24.1 Å². The number of hydrogen-bond acceptors (Lipinski definition) is 7. The van der Waals surface area contributed by atoms with E-state index in [-0.39, 0.29) is 33.1 Å². The number of nitrogens with one attached hydrogen (secondary N) is 1. The maximum atomic E-state index is 14.8. The van der Waals surface area contributed by atoms with Crippen LogP contribution in [-0.2, 0) is 10.0 Å². The Hall–Kier alpha value is -4.07. The molecular formula is C22H17F4N3O6S. The molecule has 0 aliphatic rings. The Morgan fingerprint density at radius 2 is 1.83 bits per heavy atom. The van der Waals surface area contributed by atoms with Crippen LogP contribution in [0.15, 0.2) is 69.0 Å². The van der Waals surface area contributed by atoms with Crippen LogP contribution >= 0.6 is 0 Å². The number of rotatable bonds is 7. The molecule has 0 radical (unpaired) electrons. The molecule has 2 aromatic carbocycles. The number of benzene rings is 2. The molecule has 0 bridgehead atoms. The van der Waals surface area contributed by atoms with Gasteiger partial charge in [0.05, 0.1) is 23.2 Å². The van der Waals surface area contributed by atoms with Crippen LogP contribution in [0.5, 0.6) is 11.5 Å². The number of pyridine rings is 1. The molecule has 0 aliphatic heterocycles. The average Bonchev–Trinajstić information content (AvgIpc) is 3.31. The molecule has 0 saturated carbocycles. The van der Waals surface area contributed by atoms with Gasteiger partial charge in [0, 0.05) is 29.7 Å². The molecule has 4 rings (SSSR count). The summed E-state index contributed by atoms with van der Waals surface area (Å²) in [6, 6.07) is 9.31. The monoisotopic (exact) mass is 527 g/mol. The second-order valence-electron chi connectivity index (χ2n) is 7.47. The minimum absolute atomic E-state index is 0.0394. The fourth-order valence-electron chi connectivity index (χ4n) is 3.31. The third-order valence-electron chi connectivity index (χ3n) is 5.09. The van der Waals surface area contributed by atoms with Crippen LogP contribution in [0.25, 0.3) is 16.6 Å². The number of ether oxygens (including phenoxy) is 2. The Morgan fingerprint density at radius 3 is 2.47 bits per heavy atom. The maximum absolute atomic E-state index is 14.8. The van der Waals surface area contributed by atoms with Crippen LogP contribution < -0.4 is 19.8 Å². The molecule has 2 heterocycles. The molecule has 190 valence electrons. The van der Waals surface area contributed by atoms with E-state index >= 15 is 0 Å². The van der Waals surface area contributed by atoms with Crippen molar-refractivity contribution in [1.82, 2.24) is 9.72 Å². The van der Waals surface area contributed by atoms with Crippen LogP contribution in [0, 0.1) is 5.82 Å². The van der Waals surface area contributed by atoms with E-state index in [9.17, 15) is 30.8 Å². The zero-order valence-corrected chi connectivity index (χ0v) is 19.4. The summed E-state index contributed by atoms with van der Waals surface area (Å²) in [4.78, 5) is 12.6. The molecule has 1 atom stereocenters. The van der Waals surface area contributed by atoms with Gasteiger partial charge in [0.15, 0.2) is 23.5 Å². The first kappa shape index (κ1) is 25.0. The van der Waals surface area contributed by atoms with Crippen molar-refractivity contribution in [2.24, 2.45) is 0 Å². The van der Waals surface area contributed by atoms with E-state index in [1.54, 1.807) is 0 Å². The number of sulfonamides is 1. The minimum atomic E-state index is -4.73. The zero-order chi connectivity index (χ0) is 26.3. The van der Waals surface area contributed by atoms with Gasteiger partial charge in [0.2, 0.25) is 0 Å². The van der Waals surface area contributed by atoms with Crippen molar-refractivity contribution in [3.8, 4) is 17.2 Å². The molecular weight excluding hydrogens is 510 g/mol. The predicted molar refractivity (Wildman–Crippen MR) is 120 cm³/mol. The summed E-state index contributed by atoms with van der Waals surface area (Å²) < 4.78 is 96.5. The summed E-state index contributed by atoms with van der Waals surface area (Å²) in [6.07, 6.45) is -5.84. The van der Waals surface area contributed by atoms with E-state index in [0.29, 0.717) is 0 Å². The molecule has 0 unspecified atom stereocenters. The van der Waals surface area contributed by atoms with Crippen molar-refractivity contribution < 1.29 is 40.0 Å². The number of anilines is 1. The smallest absolute Gasteiger partial charge is 0.425 e. The van der Waals surface area contributed by atoms with Crippen molar-refractivity contribution in [1.29, 1.82) is 0 Å². The molecule has 4 aromatic rings. The third kappa shape index (κ3) is 4.84. The number of nitrogens with zero attached hydrogens (tertiary/aromatic N) is 2. The highest BCUT2D eigenvalue weighted by Gasteiger charge is 2.38. The number of aromatic nitrogens is 2. The molecule has 0 amide bonds. The van der Waals surface area contributed by atoms with Crippen LogP contribution in [-0.4, -0.2) is 37.5 Å². The first-order chi connectivity index (χ1) is 16.9. The second kappa shape index (κ2) is 9.18. The highest BCUT2D eigenvalue weighted by atomic mass is 32.2. The summed E-state index contributed by atoms with van der Waals surface area (Å²) in [5.41, 5.74) is -0.583. The van der Waals surface area contributed by atoms with Gasteiger partial charge in [-0.25, -0.2) is 12.8 Å². The second-order valence-corrected chi connectivity index (χ2v) is 9.16. The standard InChI is InChI=1S/C22H17F4N3O6S/c1-12(22(24,25)26)35-18-11-19(33-2)17(10-15(18)23)29-16-5-4-14(9-13(16)3-6-21(29)30)36(31,32)28-20-7-8-34-27-20/h3-12H,1-2H3,(H,27,28)/t12-/m1/s1. The van der Waals surface area contributed by atoms with Gasteiger partial charge in [0.25, 0.3) is 15.6 Å². The van der Waals surface area contributed by atoms with Crippen LogP contribution in [0.2, 0.25) is 0 Å². The number of fused-ring (bicyclic) bond motifs is 1. The molecule has 2 aromatic heterocycles. The highest BCUT2D eigenvalue weighted by Crippen LogP contribution is 2.34. The summed E-state index contributed by atoms with van der Waals surface area (Å²) >= 11 is 0. The zero-order valence-electron chi connectivity index (χ0n) is 18.5. The number of alkyl halides is 3. The number of halogens is 4. The van der Waals surface area contributed by atoms with Gasteiger partial charge >= 0.3 is 6.18 Å². The fourth-order valence-corrected chi connectivity index (χ4v) is 4.34. The van der Waals surface area contributed by atoms with Gasteiger partial charge in [-0.05, 0) is 31.2 Å². The quantitative estimate of drug-likeness (QED) is 0.358. The van der Waals surface area contributed by atoms with Gasteiger partial charge in [-0.1, -0.05) is 5.16 Å². The Kier molecular flexibility index (Phi) is 6.39. The van der Waals surface area contributed by atoms with Gasteiger partial charge in [-0.15, -0.1) is 0 Å². The van der Waals surface area contributed by atoms with Crippen LogP contribution in [0.4, 0.5) is 23.4 Å². The highest BCUT2D eigenvalue weighted by molar-refractivity contribution is 7.92. The lowest BCUT2D eigenvalue weighted by molar-refractivity contribution is -0.189. The van der Waals surface area contributed by atoms with Crippen molar-refractivity contribution in [3.63, 3.8) is 0 Å². The molecule has 9 nitrogen and oxygen atoms in total. The lowest BCUT2D eigenvalue weighted by Gasteiger charge is -2.20. The Balaban J connectivity index is 1.81. The molecule has 0 fully saturated rings. The SMILES string of the molecule is COc1cc(O[C@H](C)C(F)(F)F)c(F)cc1-n1c(=O)ccc2cc(S(=O)(=O)Nc3ccon3)ccc21. The summed E-state index contributed by atoms with van der Waals surface area (Å²) in [5, 5.41) is 3.77. The Bertz CT molecular complexity index is 1580. The Labute approximate surface area is 200 Å². The van der Waals surface area contributed by atoms with Gasteiger partial charge in [-0.2, -0.15) is 13.2 Å². The third-order valence-corrected chi connectivity index (χ3v) is 6.44. The first-order valence-corrected chi connectivity index (χ1v) is 11.6. The van der Waals surface area contributed by atoms with E-state index in [1.807, 2.05) is 0 Å². The summed E-state index contributed by atoms with van der Waals surface area (Å²) in [6.45, 7) is 0.720. The summed E-state index contributed by atoms with van der Waals surface area (Å²) in [5.74, 6) is -2.08. The number of methoxy groups -OCH3 is 1. The van der Waals surface area contributed by atoms with Crippen molar-refractivity contribution >= 4 is 26.7 Å². The van der Waals surface area contributed by atoms with Crippen LogP contribution in [0.3, 0.4) is 0 Å². The Morgan fingerprint density at radius 1 is 1.08 bits per heavy atom. The van der Waals surface area contributed by atoms with Crippen molar-refractivity contribution in [3.05, 3.63) is 71.0 Å². The number of hydrogen-bond donors (Lipinski definition) is 1. The van der Waals surface area contributed by atoms with E-state index in [0.717, 1.165) is 29.7 Å². The van der Waals surface area contributed by atoms with Gasteiger partial charge in [0.1, 0.15) is 12.0 Å². The average molecular weight is 527 g/mol. The van der Waals surface area contributed by atoms with Gasteiger partial charge in [-0.3, -0.25) is 14.1 Å². The topological polar surface area (TPSA) is 113 Å². The lowest BCUT2D eigenvalue weighted by atomic mass is 10.2. The van der Waals surface area contributed by atoms with Crippen molar-refractivity contribution in [2.75, 3.05) is 11.8 Å². The van der Waals surface area contributed by atoms with E-state index in [2.05, 4.69) is 14.4 Å². The normalized spacial score (nSPS) is 12.9. The molecule has 0 saturated heterocycles. The van der Waals surface area contributed by atoms with Crippen LogP contribution in [0.1, 0.15) is 6.92 Å². The summed E-state index contributed by atoms with van der Waals surface area (Å²) in [7, 11) is -2.88.